The SMILES string of the molecule is Cc1cc(/C(O)=C2/C(=O)C(=O)N(Cc3cccnc3)C2c2sccc2C)ccc1OCC(C)C. The minimum Gasteiger partial charge on any atom is -0.507 e. The number of aliphatic hydroxyl groups excluding tert-OH is 1. The van der Waals surface area contributed by atoms with Crippen molar-refractivity contribution >= 4 is 28.8 Å². The van der Waals surface area contributed by atoms with Crippen molar-refractivity contribution < 1.29 is 19.4 Å². The van der Waals surface area contributed by atoms with Gasteiger partial charge in [0, 0.05) is 29.4 Å². The van der Waals surface area contributed by atoms with Gasteiger partial charge in [-0.25, -0.2) is 0 Å². The van der Waals surface area contributed by atoms with Crippen molar-refractivity contribution in [2.75, 3.05) is 6.61 Å². The zero-order chi connectivity index (χ0) is 24.4. The summed E-state index contributed by atoms with van der Waals surface area (Å²) in [4.78, 5) is 32.9. The van der Waals surface area contributed by atoms with Crippen LogP contribution in [-0.4, -0.2) is 33.3 Å². The van der Waals surface area contributed by atoms with E-state index in [4.69, 9.17) is 4.74 Å². The van der Waals surface area contributed by atoms with Gasteiger partial charge in [0.15, 0.2) is 0 Å². The molecule has 1 amide bonds. The molecule has 176 valence electrons. The number of hydrogen-bond donors (Lipinski definition) is 1. The summed E-state index contributed by atoms with van der Waals surface area (Å²) in [6.07, 6.45) is 3.34. The summed E-state index contributed by atoms with van der Waals surface area (Å²) in [7, 11) is 0. The number of pyridine rings is 1. The van der Waals surface area contributed by atoms with Gasteiger partial charge in [-0.1, -0.05) is 19.9 Å². The third kappa shape index (κ3) is 4.61. The van der Waals surface area contributed by atoms with Gasteiger partial charge < -0.3 is 14.7 Å². The van der Waals surface area contributed by atoms with Crippen LogP contribution >= 0.6 is 11.3 Å². The molecular weight excluding hydrogens is 448 g/mol. The maximum absolute atomic E-state index is 13.2. The zero-order valence-electron chi connectivity index (χ0n) is 19.7. The highest BCUT2D eigenvalue weighted by Gasteiger charge is 2.47. The molecule has 1 aliphatic rings. The van der Waals surface area contributed by atoms with Crippen molar-refractivity contribution in [3.05, 3.63) is 86.9 Å². The number of hydrogen-bond acceptors (Lipinski definition) is 6. The average Bonchev–Trinajstić information content (AvgIpc) is 3.34. The van der Waals surface area contributed by atoms with Crippen LogP contribution in [0.3, 0.4) is 0 Å². The summed E-state index contributed by atoms with van der Waals surface area (Å²) < 4.78 is 5.84. The summed E-state index contributed by atoms with van der Waals surface area (Å²) in [5.74, 6) is -0.373. The Hall–Kier alpha value is -3.45. The number of aliphatic hydroxyl groups is 1. The third-order valence-corrected chi connectivity index (χ3v) is 6.86. The van der Waals surface area contributed by atoms with Gasteiger partial charge in [-0.05, 0) is 72.2 Å². The Bertz CT molecular complexity index is 1250. The first-order valence-corrected chi connectivity index (χ1v) is 12.1. The predicted octanol–water partition coefficient (Wildman–Crippen LogP) is 5.42. The smallest absolute Gasteiger partial charge is 0.295 e. The second-order valence-electron chi connectivity index (χ2n) is 8.94. The van der Waals surface area contributed by atoms with Crippen molar-refractivity contribution in [3.8, 4) is 5.75 Å². The molecule has 4 rings (SSSR count). The van der Waals surface area contributed by atoms with Gasteiger partial charge in [0.25, 0.3) is 11.7 Å². The van der Waals surface area contributed by atoms with Gasteiger partial charge in [0.2, 0.25) is 0 Å². The van der Waals surface area contributed by atoms with Crippen LogP contribution in [0.15, 0.2) is 59.7 Å². The first-order valence-electron chi connectivity index (χ1n) is 11.2. The number of carbonyl (C=O) groups excluding carboxylic acids is 2. The Morgan fingerprint density at radius 1 is 1.18 bits per heavy atom. The lowest BCUT2D eigenvalue weighted by Gasteiger charge is -2.25. The van der Waals surface area contributed by atoms with Gasteiger partial charge in [-0.2, -0.15) is 0 Å². The lowest BCUT2D eigenvalue weighted by Crippen LogP contribution is -2.29. The number of carbonyl (C=O) groups is 2. The maximum Gasteiger partial charge on any atom is 0.295 e. The Morgan fingerprint density at radius 2 is 1.97 bits per heavy atom. The van der Waals surface area contributed by atoms with E-state index in [0.717, 1.165) is 27.3 Å². The molecule has 3 heterocycles. The van der Waals surface area contributed by atoms with Crippen LogP contribution in [0, 0.1) is 19.8 Å². The van der Waals surface area contributed by atoms with Crippen molar-refractivity contribution in [3.63, 3.8) is 0 Å². The van der Waals surface area contributed by atoms with E-state index in [1.165, 1.54) is 16.2 Å². The molecule has 34 heavy (non-hydrogen) atoms. The van der Waals surface area contributed by atoms with Crippen molar-refractivity contribution in [2.45, 2.75) is 40.3 Å². The maximum atomic E-state index is 13.2. The summed E-state index contributed by atoms with van der Waals surface area (Å²) in [5.41, 5.74) is 3.21. The number of ketones is 1. The number of aromatic nitrogens is 1. The number of aryl methyl sites for hydroxylation is 2. The first kappa shape index (κ1) is 23.7. The molecule has 1 unspecified atom stereocenters. The number of benzene rings is 1. The molecule has 3 aromatic rings. The predicted molar refractivity (Wildman–Crippen MR) is 133 cm³/mol. The van der Waals surface area contributed by atoms with Crippen molar-refractivity contribution in [1.82, 2.24) is 9.88 Å². The van der Waals surface area contributed by atoms with Crippen molar-refractivity contribution in [1.29, 1.82) is 0 Å². The Labute approximate surface area is 203 Å². The molecule has 0 bridgehead atoms. The fourth-order valence-corrected chi connectivity index (χ4v) is 5.09. The van der Waals surface area contributed by atoms with Crippen LogP contribution in [-0.2, 0) is 16.1 Å². The van der Waals surface area contributed by atoms with Gasteiger partial charge in [-0.3, -0.25) is 14.6 Å². The van der Waals surface area contributed by atoms with Crippen LogP contribution < -0.4 is 4.74 Å². The zero-order valence-corrected chi connectivity index (χ0v) is 20.6. The van der Waals surface area contributed by atoms with Crippen LogP contribution in [0.4, 0.5) is 0 Å². The minimum atomic E-state index is -0.683. The molecule has 1 N–H and O–H groups in total. The topological polar surface area (TPSA) is 79.7 Å². The minimum absolute atomic E-state index is 0.106. The molecule has 1 saturated heterocycles. The van der Waals surface area contributed by atoms with E-state index in [2.05, 4.69) is 18.8 Å². The highest BCUT2D eigenvalue weighted by atomic mass is 32.1. The van der Waals surface area contributed by atoms with Crippen LogP contribution in [0.25, 0.3) is 5.76 Å². The number of rotatable bonds is 7. The molecule has 2 aromatic heterocycles. The Kier molecular flexibility index (Phi) is 6.84. The molecule has 1 fully saturated rings. The van der Waals surface area contributed by atoms with Crippen LogP contribution in [0.5, 0.6) is 5.75 Å². The first-order chi connectivity index (χ1) is 16.3. The van der Waals surface area contributed by atoms with Gasteiger partial charge in [-0.15, -0.1) is 11.3 Å². The van der Waals surface area contributed by atoms with Crippen LogP contribution in [0.2, 0.25) is 0 Å². The molecule has 6 nitrogen and oxygen atoms in total. The number of Topliss-reactive ketones (excluding diaryl/α,β-unsaturated/α-hetero) is 1. The van der Waals surface area contributed by atoms with Crippen LogP contribution in [0.1, 0.15) is 47.0 Å². The normalized spacial score (nSPS) is 17.6. The van der Waals surface area contributed by atoms with Gasteiger partial charge >= 0.3 is 0 Å². The molecule has 0 aliphatic carbocycles. The van der Waals surface area contributed by atoms with Gasteiger partial charge in [0.1, 0.15) is 17.6 Å². The molecule has 1 aliphatic heterocycles. The summed E-state index contributed by atoms with van der Waals surface area (Å²) in [6, 6.07) is 10.3. The third-order valence-electron chi connectivity index (χ3n) is 5.79. The number of amides is 1. The molecular formula is C27H28N2O4S. The molecule has 0 saturated carbocycles. The second-order valence-corrected chi connectivity index (χ2v) is 9.89. The van der Waals surface area contributed by atoms with E-state index in [1.54, 1.807) is 36.7 Å². The summed E-state index contributed by atoms with van der Waals surface area (Å²) in [5, 5.41) is 13.2. The number of thiophene rings is 1. The molecule has 1 aromatic carbocycles. The fourth-order valence-electron chi connectivity index (χ4n) is 4.04. The standard InChI is InChI=1S/C27H28N2O4S/c1-16(2)15-33-21-8-7-20(12-18(21)4)24(30)22-23(26-17(3)9-11-34-26)29(27(32)25(22)31)14-19-6-5-10-28-13-19/h5-13,16,23,30H,14-15H2,1-4H3/b24-22-. The largest absolute Gasteiger partial charge is 0.507 e. The molecule has 7 heteroatoms. The highest BCUT2D eigenvalue weighted by molar-refractivity contribution is 7.10. The van der Waals surface area contributed by atoms with E-state index in [0.29, 0.717) is 18.1 Å². The average molecular weight is 477 g/mol. The molecule has 0 radical (unpaired) electrons. The summed E-state index contributed by atoms with van der Waals surface area (Å²) in [6.45, 7) is 8.80. The number of likely N-dealkylation sites (tertiary alicyclic amines) is 1. The lowest BCUT2D eigenvalue weighted by atomic mass is 9.97. The van der Waals surface area contributed by atoms with E-state index in [9.17, 15) is 14.7 Å². The van der Waals surface area contributed by atoms with E-state index < -0.39 is 17.7 Å². The van der Waals surface area contributed by atoms with E-state index >= 15 is 0 Å². The number of ether oxygens (including phenoxy) is 1. The van der Waals surface area contributed by atoms with E-state index in [-0.39, 0.29) is 17.9 Å². The molecule has 1 atom stereocenters. The quantitative estimate of drug-likeness (QED) is 0.280. The Morgan fingerprint density at radius 3 is 2.59 bits per heavy atom. The monoisotopic (exact) mass is 476 g/mol. The Balaban J connectivity index is 1.78. The van der Waals surface area contributed by atoms with Crippen molar-refractivity contribution in [2.24, 2.45) is 5.92 Å². The summed E-state index contributed by atoms with van der Waals surface area (Å²) >= 11 is 1.47. The fraction of sp³-hybridized carbons (Fsp3) is 0.296. The molecule has 0 spiro atoms. The number of nitrogens with zero attached hydrogens (tertiary/aromatic N) is 2. The van der Waals surface area contributed by atoms with Gasteiger partial charge in [0.05, 0.1) is 12.2 Å². The lowest BCUT2D eigenvalue weighted by molar-refractivity contribution is -0.140. The second kappa shape index (κ2) is 9.81. The van der Waals surface area contributed by atoms with E-state index in [1.807, 2.05) is 31.4 Å². The highest BCUT2D eigenvalue weighted by Crippen LogP contribution is 2.43.